The summed E-state index contributed by atoms with van der Waals surface area (Å²) < 4.78 is 40.9. The molecule has 2 heterocycles. The van der Waals surface area contributed by atoms with Gasteiger partial charge in [-0.1, -0.05) is 36.4 Å². The highest BCUT2D eigenvalue weighted by molar-refractivity contribution is 5.85. The topological polar surface area (TPSA) is 34.4 Å². The van der Waals surface area contributed by atoms with Crippen LogP contribution in [0.4, 0.5) is 13.2 Å². The second-order valence-electron chi connectivity index (χ2n) is 7.52. The third-order valence-electron chi connectivity index (χ3n) is 5.68. The van der Waals surface area contributed by atoms with Crippen molar-refractivity contribution in [3.8, 4) is 5.69 Å². The van der Waals surface area contributed by atoms with Gasteiger partial charge in [-0.2, -0.15) is 13.2 Å². The molecular weight excluding hydrogens is 389 g/mol. The molecule has 0 bridgehead atoms. The van der Waals surface area contributed by atoms with Gasteiger partial charge in [0.2, 0.25) is 0 Å². The summed E-state index contributed by atoms with van der Waals surface area (Å²) in [6.07, 6.45) is 1.39. The molecule has 0 spiro atoms. The van der Waals surface area contributed by atoms with E-state index in [1.54, 1.807) is 16.8 Å². The first kappa shape index (κ1) is 18.6. The Hall–Kier alpha value is -3.41. The molecule has 3 aromatic rings. The molecule has 6 heteroatoms. The van der Waals surface area contributed by atoms with Crippen molar-refractivity contribution in [1.82, 2.24) is 4.57 Å². The Kier molecular flexibility index (Phi) is 4.24. The summed E-state index contributed by atoms with van der Waals surface area (Å²) in [6.45, 7) is 0. The molecule has 2 aliphatic rings. The van der Waals surface area contributed by atoms with Gasteiger partial charge in [0.1, 0.15) is 0 Å². The minimum absolute atomic E-state index is 0.0616. The summed E-state index contributed by atoms with van der Waals surface area (Å²) >= 11 is 0. The van der Waals surface area contributed by atoms with Gasteiger partial charge in [0, 0.05) is 47.4 Å². The molecule has 2 atom stereocenters. The summed E-state index contributed by atoms with van der Waals surface area (Å²) in [4.78, 5) is 17.2. The lowest BCUT2D eigenvalue weighted by atomic mass is 10.1. The van der Waals surface area contributed by atoms with Gasteiger partial charge in [0.25, 0.3) is 0 Å². The van der Waals surface area contributed by atoms with Gasteiger partial charge in [0.15, 0.2) is 5.43 Å². The monoisotopic (exact) mass is 406 g/mol. The minimum Gasteiger partial charge on any atom is -0.323 e. The molecule has 1 fully saturated rings. The molecule has 2 aromatic carbocycles. The van der Waals surface area contributed by atoms with E-state index in [9.17, 15) is 18.0 Å². The van der Waals surface area contributed by atoms with Gasteiger partial charge in [-0.3, -0.25) is 9.79 Å². The maximum Gasteiger partial charge on any atom is 0.416 e. The molecule has 0 saturated heterocycles. The smallest absolute Gasteiger partial charge is 0.323 e. The third-order valence-corrected chi connectivity index (χ3v) is 5.68. The van der Waals surface area contributed by atoms with Gasteiger partial charge < -0.3 is 4.57 Å². The lowest BCUT2D eigenvalue weighted by Gasteiger charge is -2.12. The molecule has 1 aromatic heterocycles. The molecular formula is C24H17F3N2O. The maximum absolute atomic E-state index is 13.1. The number of aromatic nitrogens is 1. The van der Waals surface area contributed by atoms with Crippen molar-refractivity contribution in [2.24, 2.45) is 10.9 Å². The van der Waals surface area contributed by atoms with Crippen molar-refractivity contribution in [2.75, 3.05) is 0 Å². The zero-order chi connectivity index (χ0) is 20.9. The number of hydrogen-bond acceptors (Lipinski definition) is 2. The van der Waals surface area contributed by atoms with Crippen LogP contribution in [0.1, 0.15) is 29.0 Å². The first-order valence-corrected chi connectivity index (χ1v) is 9.65. The van der Waals surface area contributed by atoms with E-state index in [1.165, 1.54) is 18.3 Å². The quantitative estimate of drug-likeness (QED) is 0.569. The number of fused-ring (bicyclic) bond motifs is 1. The fourth-order valence-corrected chi connectivity index (χ4v) is 4.19. The zero-order valence-electron chi connectivity index (χ0n) is 15.8. The number of allylic oxidation sites excluding steroid dienone is 1. The fraction of sp³-hybridized carbons (Fsp3) is 0.167. The molecule has 150 valence electrons. The molecule has 3 nitrogen and oxygen atoms in total. The van der Waals surface area contributed by atoms with Crippen molar-refractivity contribution < 1.29 is 13.2 Å². The predicted molar refractivity (Wildman–Crippen MR) is 110 cm³/mol. The Morgan fingerprint density at radius 2 is 1.80 bits per heavy atom. The minimum atomic E-state index is -4.42. The maximum atomic E-state index is 13.1. The molecule has 0 radical (unpaired) electrons. The van der Waals surface area contributed by atoms with Crippen molar-refractivity contribution in [2.45, 2.75) is 18.5 Å². The molecule has 2 unspecified atom stereocenters. The largest absolute Gasteiger partial charge is 0.416 e. The van der Waals surface area contributed by atoms with Gasteiger partial charge in [-0.25, -0.2) is 0 Å². The van der Waals surface area contributed by atoms with Crippen LogP contribution in [-0.4, -0.2) is 10.8 Å². The highest BCUT2D eigenvalue weighted by Gasteiger charge is 2.49. The van der Waals surface area contributed by atoms with Crippen LogP contribution < -0.4 is 5.43 Å². The van der Waals surface area contributed by atoms with Crippen molar-refractivity contribution in [3.63, 3.8) is 0 Å². The van der Waals surface area contributed by atoms with E-state index < -0.39 is 11.7 Å². The molecule has 0 amide bonds. The Balaban J connectivity index is 1.56. The van der Waals surface area contributed by atoms with Crippen molar-refractivity contribution in [3.05, 3.63) is 106 Å². The number of aliphatic imine (C=N–C) groups is 1. The molecule has 1 aliphatic heterocycles. The standard InChI is InChI=1S/C24H17F3N2O/c25-24(26,27)16-7-4-8-17(13-16)29-12-10-20(30)19(14-29)21-18-9-11-28-23(22(18)21)15-5-2-1-3-6-15/h1-8,10-14,18,21H,9H2. The molecule has 1 aliphatic carbocycles. The predicted octanol–water partition coefficient (Wildman–Crippen LogP) is 5.46. The summed E-state index contributed by atoms with van der Waals surface area (Å²) in [7, 11) is 0. The second kappa shape index (κ2) is 6.83. The van der Waals surface area contributed by atoms with Crippen molar-refractivity contribution >= 4 is 11.9 Å². The Labute approximate surface area is 170 Å². The van der Waals surface area contributed by atoms with E-state index in [0.29, 0.717) is 11.3 Å². The molecule has 1 saturated carbocycles. The van der Waals surface area contributed by atoms with Crippen LogP contribution >= 0.6 is 0 Å². The normalized spacial score (nSPS) is 20.2. The Morgan fingerprint density at radius 3 is 2.57 bits per heavy atom. The molecule has 5 rings (SSSR count). The number of benzene rings is 2. The number of nitrogens with zero attached hydrogens (tertiary/aromatic N) is 2. The lowest BCUT2D eigenvalue weighted by Crippen LogP contribution is -2.11. The number of rotatable bonds is 3. The molecule has 30 heavy (non-hydrogen) atoms. The van der Waals surface area contributed by atoms with E-state index in [4.69, 9.17) is 0 Å². The zero-order valence-corrected chi connectivity index (χ0v) is 15.8. The first-order valence-electron chi connectivity index (χ1n) is 9.65. The van der Waals surface area contributed by atoms with E-state index in [1.807, 2.05) is 36.5 Å². The second-order valence-corrected chi connectivity index (χ2v) is 7.52. The first-order chi connectivity index (χ1) is 14.4. The summed E-state index contributed by atoms with van der Waals surface area (Å²) in [5.74, 6) is 0.149. The highest BCUT2D eigenvalue weighted by atomic mass is 19.4. The Bertz CT molecular complexity index is 1240. The van der Waals surface area contributed by atoms with Crippen LogP contribution in [0.25, 0.3) is 11.4 Å². The molecule has 0 N–H and O–H groups in total. The number of pyridine rings is 1. The lowest BCUT2D eigenvalue weighted by molar-refractivity contribution is -0.137. The van der Waals surface area contributed by atoms with E-state index in [0.717, 1.165) is 35.4 Å². The number of alkyl halides is 3. The van der Waals surface area contributed by atoms with Crippen molar-refractivity contribution in [1.29, 1.82) is 0 Å². The van der Waals surface area contributed by atoms with Crippen LogP contribution in [0.15, 0.2) is 88.4 Å². The average Bonchev–Trinajstić information content (AvgIpc) is 3.48. The fourth-order valence-electron chi connectivity index (χ4n) is 4.19. The summed E-state index contributed by atoms with van der Waals surface area (Å²) in [6, 6.07) is 16.3. The van der Waals surface area contributed by atoms with Crippen LogP contribution in [0.2, 0.25) is 0 Å². The number of halogens is 3. The van der Waals surface area contributed by atoms with E-state index in [-0.39, 0.29) is 17.3 Å². The van der Waals surface area contributed by atoms with E-state index in [2.05, 4.69) is 4.99 Å². The SMILES string of the molecule is O=c1ccn(-c2cccc(C(F)(F)F)c2)cc1C1C2=C(c3ccccc3)N=CCC21. The van der Waals surface area contributed by atoms with Gasteiger partial charge >= 0.3 is 6.18 Å². The Morgan fingerprint density at radius 1 is 1.00 bits per heavy atom. The van der Waals surface area contributed by atoms with Gasteiger partial charge in [-0.15, -0.1) is 0 Å². The summed E-state index contributed by atoms with van der Waals surface area (Å²) in [5.41, 5.74) is 3.15. The van der Waals surface area contributed by atoms with Crippen LogP contribution in [0.5, 0.6) is 0 Å². The summed E-state index contributed by atoms with van der Waals surface area (Å²) in [5, 5.41) is 0. The van der Waals surface area contributed by atoms with Crippen LogP contribution in [0, 0.1) is 5.92 Å². The number of hydrogen-bond donors (Lipinski definition) is 0. The van der Waals surface area contributed by atoms with E-state index >= 15 is 0 Å². The van der Waals surface area contributed by atoms with Crippen LogP contribution in [-0.2, 0) is 6.18 Å². The van der Waals surface area contributed by atoms with Gasteiger partial charge in [0.05, 0.1) is 11.3 Å². The third kappa shape index (κ3) is 3.18. The average molecular weight is 406 g/mol. The highest BCUT2D eigenvalue weighted by Crippen LogP contribution is 2.59. The van der Waals surface area contributed by atoms with Gasteiger partial charge in [-0.05, 0) is 36.1 Å². The van der Waals surface area contributed by atoms with Crippen LogP contribution in [0.3, 0.4) is 0 Å².